The fourth-order valence-electron chi connectivity index (χ4n) is 3.88. The van der Waals surface area contributed by atoms with Crippen LogP contribution in [-0.4, -0.2) is 53.9 Å². The van der Waals surface area contributed by atoms with E-state index in [1.165, 1.54) is 4.57 Å². The predicted molar refractivity (Wildman–Crippen MR) is 111 cm³/mol. The Morgan fingerprint density at radius 1 is 1.06 bits per heavy atom. The fourth-order valence-corrected chi connectivity index (χ4v) is 3.88. The molecule has 0 radical (unpaired) electrons. The highest BCUT2D eigenvalue weighted by atomic mass is 16.5. The van der Waals surface area contributed by atoms with Crippen molar-refractivity contribution in [3.63, 3.8) is 0 Å². The lowest BCUT2D eigenvalue weighted by molar-refractivity contribution is 0.139. The van der Waals surface area contributed by atoms with Crippen LogP contribution in [0.15, 0.2) is 53.3 Å². The van der Waals surface area contributed by atoms with Crippen LogP contribution < -0.4 is 10.3 Å². The first kappa shape index (κ1) is 17.9. The maximum absolute atomic E-state index is 13.2. The van der Waals surface area contributed by atoms with Gasteiger partial charge in [-0.2, -0.15) is 9.50 Å². The molecule has 0 spiro atoms. The van der Waals surface area contributed by atoms with Gasteiger partial charge < -0.3 is 9.47 Å². The van der Waals surface area contributed by atoms with E-state index in [2.05, 4.69) is 25.5 Å². The summed E-state index contributed by atoms with van der Waals surface area (Å²) in [4.78, 5) is 22.5. The van der Waals surface area contributed by atoms with Gasteiger partial charge in [0.05, 0.1) is 41.6 Å². The van der Waals surface area contributed by atoms with Crippen LogP contribution in [0.3, 0.4) is 0 Å². The number of nitrogens with zero attached hydrogens (tertiary/aromatic N) is 7. The van der Waals surface area contributed by atoms with Gasteiger partial charge in [-0.3, -0.25) is 9.36 Å². The highest BCUT2D eigenvalue weighted by Gasteiger charge is 2.21. The Morgan fingerprint density at radius 2 is 1.90 bits per heavy atom. The summed E-state index contributed by atoms with van der Waals surface area (Å²) in [7, 11) is 0. The van der Waals surface area contributed by atoms with Crippen molar-refractivity contribution in [3.8, 4) is 5.88 Å². The topological polar surface area (TPSA) is 109 Å². The van der Waals surface area contributed by atoms with Gasteiger partial charge in [0.1, 0.15) is 6.10 Å². The van der Waals surface area contributed by atoms with Crippen molar-refractivity contribution in [1.29, 1.82) is 0 Å². The quantitative estimate of drug-likeness (QED) is 0.435. The van der Waals surface area contributed by atoms with Gasteiger partial charge >= 0.3 is 0 Å². The molecule has 3 aromatic heterocycles. The van der Waals surface area contributed by atoms with Gasteiger partial charge in [-0.15, -0.1) is 0 Å². The van der Waals surface area contributed by atoms with Crippen molar-refractivity contribution < 1.29 is 9.47 Å². The fraction of sp³-hybridized carbons (Fsp3) is 0.238. The highest BCUT2D eigenvalue weighted by molar-refractivity contribution is 5.83. The zero-order chi connectivity index (χ0) is 20.8. The molecule has 6 rings (SSSR count). The summed E-state index contributed by atoms with van der Waals surface area (Å²) in [5, 5.41) is 13.2. The van der Waals surface area contributed by atoms with Gasteiger partial charge in [-0.1, -0.05) is 29.4 Å². The molecule has 0 bridgehead atoms. The first-order valence-corrected chi connectivity index (χ1v) is 9.97. The summed E-state index contributed by atoms with van der Waals surface area (Å²) in [5.74, 6) is 1.25. The Labute approximate surface area is 175 Å². The Balaban J connectivity index is 1.50. The molecule has 0 saturated carbocycles. The van der Waals surface area contributed by atoms with E-state index in [0.717, 1.165) is 17.3 Å². The van der Waals surface area contributed by atoms with Crippen molar-refractivity contribution in [2.24, 2.45) is 0 Å². The number of hydrogen-bond acceptors (Lipinski definition) is 8. The number of hydrogen-bond donors (Lipinski definition) is 0. The molecule has 0 aliphatic carbocycles. The Hall–Kier alpha value is -3.92. The molecular formula is C21H17N7O3. The monoisotopic (exact) mass is 415 g/mol. The highest BCUT2D eigenvalue weighted by Crippen LogP contribution is 2.25. The Bertz CT molecular complexity index is 1490. The molecule has 1 aliphatic heterocycles. The van der Waals surface area contributed by atoms with Gasteiger partial charge in [0, 0.05) is 6.42 Å². The van der Waals surface area contributed by atoms with Gasteiger partial charge in [0.15, 0.2) is 5.82 Å². The van der Waals surface area contributed by atoms with Gasteiger partial charge in [-0.05, 0) is 34.7 Å². The molecule has 154 valence electrons. The standard InChI is InChI=1S/C21H17N7O3/c29-20-15-6-2-4-8-17(15)28-21(24-25-26-28)27(20)11-18-22-16-7-3-1-5-14(16)19(23-18)31-13-9-10-30-12-13/h1-8,13H,9-12H2. The molecule has 10 nitrogen and oxygen atoms in total. The number of tetrazole rings is 1. The van der Waals surface area contributed by atoms with Crippen molar-refractivity contribution >= 4 is 27.6 Å². The van der Waals surface area contributed by atoms with Crippen molar-refractivity contribution in [2.45, 2.75) is 19.1 Å². The summed E-state index contributed by atoms with van der Waals surface area (Å²) in [5.41, 5.74) is 1.18. The average molecular weight is 415 g/mol. The van der Waals surface area contributed by atoms with E-state index in [0.29, 0.717) is 41.6 Å². The van der Waals surface area contributed by atoms with Gasteiger partial charge in [0.2, 0.25) is 5.88 Å². The summed E-state index contributed by atoms with van der Waals surface area (Å²) in [6, 6.07) is 14.9. The van der Waals surface area contributed by atoms with Crippen molar-refractivity contribution in [1.82, 2.24) is 34.6 Å². The summed E-state index contributed by atoms with van der Waals surface area (Å²) in [6.45, 7) is 1.31. The van der Waals surface area contributed by atoms with Crippen LogP contribution in [-0.2, 0) is 11.3 Å². The SMILES string of the molecule is O=c1c2ccccc2n2nnnc2n1Cc1nc(OC2CCOC2)c2ccccc2n1. The third-order valence-electron chi connectivity index (χ3n) is 5.38. The number of benzene rings is 2. The van der Waals surface area contributed by atoms with Gasteiger partial charge in [0.25, 0.3) is 11.3 Å². The van der Waals surface area contributed by atoms with E-state index < -0.39 is 0 Å². The van der Waals surface area contributed by atoms with Crippen molar-refractivity contribution in [3.05, 3.63) is 64.7 Å². The van der Waals surface area contributed by atoms with Crippen LogP contribution in [0.25, 0.3) is 27.6 Å². The second-order valence-electron chi connectivity index (χ2n) is 7.36. The molecule has 5 aromatic rings. The Morgan fingerprint density at radius 3 is 2.77 bits per heavy atom. The number of ether oxygens (including phenoxy) is 2. The normalized spacial score (nSPS) is 16.5. The maximum atomic E-state index is 13.2. The summed E-state index contributed by atoms with van der Waals surface area (Å²) in [6.07, 6.45) is 0.756. The molecule has 1 aliphatic rings. The molecule has 4 heterocycles. The van der Waals surface area contributed by atoms with E-state index >= 15 is 0 Å². The first-order chi connectivity index (χ1) is 15.3. The van der Waals surface area contributed by atoms with E-state index in [4.69, 9.17) is 9.47 Å². The molecule has 0 amide bonds. The van der Waals surface area contributed by atoms with Crippen LogP contribution in [0, 0.1) is 0 Å². The van der Waals surface area contributed by atoms with E-state index in [-0.39, 0.29) is 18.2 Å². The van der Waals surface area contributed by atoms with Crippen LogP contribution in [0.1, 0.15) is 12.2 Å². The van der Waals surface area contributed by atoms with E-state index in [9.17, 15) is 4.79 Å². The number of para-hydroxylation sites is 2. The second-order valence-corrected chi connectivity index (χ2v) is 7.36. The Kier molecular flexibility index (Phi) is 4.10. The van der Waals surface area contributed by atoms with E-state index in [1.54, 1.807) is 10.6 Å². The minimum absolute atomic E-state index is 0.0537. The van der Waals surface area contributed by atoms with Crippen LogP contribution in [0.2, 0.25) is 0 Å². The molecule has 1 atom stereocenters. The van der Waals surface area contributed by atoms with Gasteiger partial charge in [-0.25, -0.2) is 4.98 Å². The molecule has 0 N–H and O–H groups in total. The molecule has 1 unspecified atom stereocenters. The minimum Gasteiger partial charge on any atom is -0.471 e. The first-order valence-electron chi connectivity index (χ1n) is 9.97. The minimum atomic E-state index is -0.207. The lowest BCUT2D eigenvalue weighted by atomic mass is 10.2. The molecule has 10 heteroatoms. The third-order valence-corrected chi connectivity index (χ3v) is 5.38. The number of aromatic nitrogens is 7. The average Bonchev–Trinajstić information content (AvgIpc) is 3.49. The zero-order valence-electron chi connectivity index (χ0n) is 16.4. The molecule has 31 heavy (non-hydrogen) atoms. The lowest BCUT2D eigenvalue weighted by Gasteiger charge is -2.14. The molecule has 1 saturated heterocycles. The van der Waals surface area contributed by atoms with Crippen molar-refractivity contribution in [2.75, 3.05) is 13.2 Å². The number of rotatable bonds is 4. The van der Waals surface area contributed by atoms with Crippen LogP contribution in [0.5, 0.6) is 5.88 Å². The summed E-state index contributed by atoms with van der Waals surface area (Å²) < 4.78 is 14.6. The third kappa shape index (κ3) is 2.99. The molecular weight excluding hydrogens is 398 g/mol. The second kappa shape index (κ2) is 7.10. The van der Waals surface area contributed by atoms with Crippen LogP contribution in [0.4, 0.5) is 0 Å². The smallest absolute Gasteiger partial charge is 0.263 e. The maximum Gasteiger partial charge on any atom is 0.263 e. The van der Waals surface area contributed by atoms with Crippen LogP contribution >= 0.6 is 0 Å². The lowest BCUT2D eigenvalue weighted by Crippen LogP contribution is -2.25. The molecule has 2 aromatic carbocycles. The van der Waals surface area contributed by atoms with E-state index in [1.807, 2.05) is 42.5 Å². The summed E-state index contributed by atoms with van der Waals surface area (Å²) >= 11 is 0. The number of fused-ring (bicyclic) bond motifs is 4. The molecule has 1 fully saturated rings. The predicted octanol–water partition coefficient (Wildman–Crippen LogP) is 1.60. The zero-order valence-corrected chi connectivity index (χ0v) is 16.4. The largest absolute Gasteiger partial charge is 0.471 e.